The van der Waals surface area contributed by atoms with E-state index < -0.39 is 27.0 Å². The molecule has 0 fully saturated rings. The number of rotatable bonds is 18. The van der Waals surface area contributed by atoms with Gasteiger partial charge in [0.2, 0.25) is 0 Å². The van der Waals surface area contributed by atoms with Crippen molar-refractivity contribution < 1.29 is 64.3 Å². The van der Waals surface area contributed by atoms with Gasteiger partial charge in [0, 0.05) is 31.2 Å². The quantitative estimate of drug-likeness (QED) is 0.0650. The Bertz CT molecular complexity index is 2640. The number of hydrogen-bond donors (Lipinski definition) is 1. The summed E-state index contributed by atoms with van der Waals surface area (Å²) >= 11 is 0. The van der Waals surface area contributed by atoms with E-state index in [1.165, 1.54) is 57.4 Å². The lowest BCUT2D eigenvalue weighted by molar-refractivity contribution is -0.0446. The van der Waals surface area contributed by atoms with Crippen LogP contribution in [0, 0.1) is 0 Å². The number of sulfonamides is 1. The van der Waals surface area contributed by atoms with E-state index in [1.807, 2.05) is 0 Å². The second-order valence-electron chi connectivity index (χ2n) is 19.2. The van der Waals surface area contributed by atoms with Crippen molar-refractivity contribution in [2.45, 2.75) is 122 Å². The van der Waals surface area contributed by atoms with Gasteiger partial charge in [-0.1, -0.05) is 151 Å². The molecular weight excluding hydrogens is 1000 g/mol. The Kier molecular flexibility index (Phi) is 22.4. The molecule has 12 nitrogen and oxygen atoms in total. The van der Waals surface area contributed by atoms with E-state index in [0.29, 0.717) is 38.9 Å². The molecule has 0 spiro atoms. The zero-order chi connectivity index (χ0) is 53.6. The Morgan fingerprint density at radius 3 is 1.26 bits per heavy atom. The molecule has 0 radical (unpaired) electrons. The maximum absolute atomic E-state index is 13.1. The van der Waals surface area contributed by atoms with Gasteiger partial charge in [0.05, 0.1) is 39.6 Å². The number of carbonyl (C=O) groups is 1. The Hall–Kier alpha value is -5.97. The number of ether oxygens (including phenoxy) is 8. The molecule has 8 rings (SSSR count). The molecule has 412 valence electrons. The maximum Gasteiger partial charge on any atom is 0.516 e. The standard InChI is InChI=1S/C60H74F3NO11S/c1-3-5-7-9-11-13-29-72-55-44-19-15-21-46(55)41-50-25-18-26-51-42-47-22-16-20-45(56(47)73-30-14-12-10-8-6-4-2)40-49-24-17-23-48(39-44)57(49)74-37-33-68-31-35-70-53-28-27-52(59(65)64-76(66,67)60(61,62)63)43-54(53)71-36-32-69-34-38-75-58(50)51/h15-28,43H,3-14,29-42H2,1-2H3,(H,64,65). The smallest absolute Gasteiger partial charge is 0.493 e. The molecule has 2 aliphatic heterocycles. The topological polar surface area (TPSA) is 137 Å². The second kappa shape index (κ2) is 29.5. The normalized spacial score (nSPS) is 14.7. The number of amides is 1. The van der Waals surface area contributed by atoms with Crippen molar-refractivity contribution in [2.24, 2.45) is 0 Å². The lowest BCUT2D eigenvalue weighted by Gasteiger charge is -2.23. The van der Waals surface area contributed by atoms with Gasteiger partial charge in [-0.25, -0.2) is 4.72 Å². The SMILES string of the molecule is CCCCCCCCOc1c2cccc1Cc1cccc3c1OCCOCCOc1cc(C(=O)NS(=O)(=O)C(F)(F)F)ccc1OCCOCCOc1c(cccc1Cc1cccc(c1OCCCCCCCC)C3)C2. The second-order valence-corrected chi connectivity index (χ2v) is 20.9. The number of nitrogens with one attached hydrogen (secondary N) is 1. The minimum atomic E-state index is -5.96. The molecule has 3 aliphatic rings. The van der Waals surface area contributed by atoms with Gasteiger partial charge in [0.1, 0.15) is 49.4 Å². The minimum Gasteiger partial charge on any atom is -0.493 e. The van der Waals surface area contributed by atoms with E-state index in [9.17, 15) is 26.4 Å². The van der Waals surface area contributed by atoms with E-state index in [0.717, 1.165) is 110 Å². The summed E-state index contributed by atoms with van der Waals surface area (Å²) in [5, 5.41) is 0. The Morgan fingerprint density at radius 1 is 0.487 bits per heavy atom. The molecule has 0 aromatic heterocycles. The van der Waals surface area contributed by atoms with Gasteiger partial charge < -0.3 is 37.9 Å². The number of benzene rings is 5. The molecule has 16 heteroatoms. The predicted octanol–water partition coefficient (Wildman–Crippen LogP) is 12.7. The summed E-state index contributed by atoms with van der Waals surface area (Å²) in [7, 11) is -5.96. The number of alkyl halides is 3. The summed E-state index contributed by atoms with van der Waals surface area (Å²) in [5.41, 5.74) is 2.06. The number of halogens is 3. The molecule has 5 aromatic carbocycles. The Labute approximate surface area is 446 Å². The molecular formula is C60H74F3NO11S. The third-order valence-corrected chi connectivity index (χ3v) is 14.4. The van der Waals surface area contributed by atoms with Crippen LogP contribution in [0.4, 0.5) is 13.2 Å². The number of para-hydroxylation sites is 4. The molecule has 5 aromatic rings. The highest BCUT2D eigenvalue weighted by molar-refractivity contribution is 7.90. The zero-order valence-electron chi connectivity index (χ0n) is 44.1. The van der Waals surface area contributed by atoms with Crippen molar-refractivity contribution >= 4 is 15.9 Å². The van der Waals surface area contributed by atoms with Gasteiger partial charge in [-0.05, 0) is 75.5 Å². The summed E-state index contributed by atoms with van der Waals surface area (Å²) < 4.78 is 115. The first-order valence-corrected chi connectivity index (χ1v) is 28.6. The van der Waals surface area contributed by atoms with Gasteiger partial charge in [0.25, 0.3) is 5.91 Å². The highest BCUT2D eigenvalue weighted by Gasteiger charge is 2.47. The van der Waals surface area contributed by atoms with Crippen molar-refractivity contribution in [2.75, 3.05) is 66.1 Å². The van der Waals surface area contributed by atoms with Gasteiger partial charge >= 0.3 is 15.5 Å². The summed E-state index contributed by atoms with van der Waals surface area (Å²) in [6, 6.07) is 28.9. The number of unbranched alkanes of at least 4 members (excludes halogenated alkanes) is 10. The van der Waals surface area contributed by atoms with Crippen molar-refractivity contribution in [3.8, 4) is 34.5 Å². The number of fused-ring (bicyclic) bond motifs is 12. The van der Waals surface area contributed by atoms with E-state index in [2.05, 4.69) is 86.6 Å². The van der Waals surface area contributed by atoms with Crippen molar-refractivity contribution in [3.05, 3.63) is 141 Å². The van der Waals surface area contributed by atoms with Crippen LogP contribution in [0.3, 0.4) is 0 Å². The van der Waals surface area contributed by atoms with E-state index in [4.69, 9.17) is 37.9 Å². The third-order valence-electron chi connectivity index (χ3n) is 13.4. The largest absolute Gasteiger partial charge is 0.516 e. The summed E-state index contributed by atoms with van der Waals surface area (Å²) in [4.78, 5) is 12.8. The maximum atomic E-state index is 13.1. The molecule has 76 heavy (non-hydrogen) atoms. The van der Waals surface area contributed by atoms with Crippen LogP contribution in [-0.4, -0.2) is 85.9 Å². The number of carbonyl (C=O) groups excluding carboxylic acids is 1. The van der Waals surface area contributed by atoms with Crippen molar-refractivity contribution in [3.63, 3.8) is 0 Å². The molecule has 1 amide bonds. The van der Waals surface area contributed by atoms with Crippen LogP contribution in [0.2, 0.25) is 0 Å². The molecule has 10 bridgehead atoms. The summed E-state index contributed by atoms with van der Waals surface area (Å²) in [6.07, 6.45) is 15.9. The first-order valence-electron chi connectivity index (χ1n) is 27.1. The third kappa shape index (κ3) is 16.8. The van der Waals surface area contributed by atoms with Crippen LogP contribution >= 0.6 is 0 Å². The molecule has 0 atom stereocenters. The average molecular weight is 1070 g/mol. The average Bonchev–Trinajstić information content (AvgIpc) is 3.42. The minimum absolute atomic E-state index is 0.0167. The summed E-state index contributed by atoms with van der Waals surface area (Å²) in [6.45, 7) is 6.55. The predicted molar refractivity (Wildman–Crippen MR) is 287 cm³/mol. The molecule has 2 heterocycles. The first kappa shape index (κ1) is 57.7. The van der Waals surface area contributed by atoms with Crippen LogP contribution in [0.15, 0.2) is 91.0 Å². The van der Waals surface area contributed by atoms with E-state index in [-0.39, 0.29) is 64.4 Å². The van der Waals surface area contributed by atoms with Crippen LogP contribution in [0.25, 0.3) is 0 Å². The Morgan fingerprint density at radius 2 is 0.855 bits per heavy atom. The van der Waals surface area contributed by atoms with Gasteiger partial charge in [-0.2, -0.15) is 21.6 Å². The van der Waals surface area contributed by atoms with Crippen LogP contribution < -0.4 is 33.1 Å². The fourth-order valence-electron chi connectivity index (χ4n) is 9.49. The van der Waals surface area contributed by atoms with Crippen LogP contribution in [0.1, 0.15) is 146 Å². The van der Waals surface area contributed by atoms with Gasteiger partial charge in [-0.3, -0.25) is 4.79 Å². The summed E-state index contributed by atoms with van der Waals surface area (Å²) in [5.74, 6) is 1.87. The molecule has 1 aliphatic carbocycles. The molecule has 0 saturated heterocycles. The fourth-order valence-corrected chi connectivity index (χ4v) is 9.97. The molecule has 0 unspecified atom stereocenters. The fraction of sp³-hybridized carbons (Fsp3) is 0.483. The lowest BCUT2D eigenvalue weighted by Crippen LogP contribution is -2.40. The molecule has 1 N–H and O–H groups in total. The van der Waals surface area contributed by atoms with Crippen LogP contribution in [-0.2, 0) is 45.2 Å². The highest BCUT2D eigenvalue weighted by atomic mass is 32.2. The van der Waals surface area contributed by atoms with E-state index in [1.54, 1.807) is 0 Å². The monoisotopic (exact) mass is 1070 g/mol. The Balaban J connectivity index is 1.24. The lowest BCUT2D eigenvalue weighted by atomic mass is 9.91. The molecule has 0 saturated carbocycles. The van der Waals surface area contributed by atoms with Gasteiger partial charge in [-0.15, -0.1) is 0 Å². The van der Waals surface area contributed by atoms with Crippen molar-refractivity contribution in [1.82, 2.24) is 4.72 Å². The highest BCUT2D eigenvalue weighted by Crippen LogP contribution is 2.39. The first-order chi connectivity index (χ1) is 37.0. The zero-order valence-corrected chi connectivity index (χ0v) is 44.9. The van der Waals surface area contributed by atoms with Crippen LogP contribution in [0.5, 0.6) is 34.5 Å². The number of hydrogen-bond acceptors (Lipinski definition) is 11. The van der Waals surface area contributed by atoms with E-state index >= 15 is 0 Å². The van der Waals surface area contributed by atoms with Crippen molar-refractivity contribution in [1.29, 1.82) is 0 Å². The van der Waals surface area contributed by atoms with Gasteiger partial charge in [0.15, 0.2) is 11.5 Å².